The van der Waals surface area contributed by atoms with Crippen molar-refractivity contribution in [1.82, 2.24) is 9.78 Å². The topological polar surface area (TPSA) is 50.1 Å². The van der Waals surface area contributed by atoms with E-state index in [1.807, 2.05) is 42.7 Å². The maximum atomic E-state index is 8.76. The quantitative estimate of drug-likeness (QED) is 0.797. The van der Waals surface area contributed by atoms with Gasteiger partial charge < -0.3 is 10.4 Å². The predicted octanol–water partition coefficient (Wildman–Crippen LogP) is 1.49. The second-order valence-electron chi connectivity index (χ2n) is 3.55. The van der Waals surface area contributed by atoms with E-state index in [0.29, 0.717) is 6.54 Å². The van der Waals surface area contributed by atoms with Gasteiger partial charge in [0.1, 0.15) is 0 Å². The van der Waals surface area contributed by atoms with Crippen LogP contribution in [0, 0.1) is 0 Å². The standard InChI is InChI=1S/C12H15N3O/c16-7-6-15-10-11(9-14-15)8-13-12-4-2-1-3-5-12/h1-5,9-10,13,16H,6-8H2. The molecule has 1 aromatic heterocycles. The normalized spacial score (nSPS) is 10.3. The van der Waals surface area contributed by atoms with Crippen LogP contribution in [0.15, 0.2) is 42.7 Å². The maximum Gasteiger partial charge on any atom is 0.0640 e. The summed E-state index contributed by atoms with van der Waals surface area (Å²) in [6.07, 6.45) is 3.75. The zero-order valence-electron chi connectivity index (χ0n) is 9.00. The molecule has 4 heteroatoms. The Morgan fingerprint density at radius 1 is 1.25 bits per heavy atom. The Morgan fingerprint density at radius 2 is 2.06 bits per heavy atom. The van der Waals surface area contributed by atoms with Crippen LogP contribution in [0.5, 0.6) is 0 Å². The molecule has 2 aromatic rings. The van der Waals surface area contributed by atoms with Gasteiger partial charge in [-0.25, -0.2) is 0 Å². The van der Waals surface area contributed by atoms with Gasteiger partial charge in [0.05, 0.1) is 19.3 Å². The molecule has 0 radical (unpaired) electrons. The van der Waals surface area contributed by atoms with Gasteiger partial charge in [-0.05, 0) is 12.1 Å². The van der Waals surface area contributed by atoms with Crippen LogP contribution < -0.4 is 5.32 Å². The molecule has 1 aromatic carbocycles. The van der Waals surface area contributed by atoms with Gasteiger partial charge in [0.25, 0.3) is 0 Å². The third-order valence-corrected chi connectivity index (χ3v) is 2.29. The molecule has 0 aliphatic rings. The highest BCUT2D eigenvalue weighted by atomic mass is 16.3. The largest absolute Gasteiger partial charge is 0.394 e. The first kappa shape index (κ1) is 10.7. The SMILES string of the molecule is OCCn1cc(CNc2ccccc2)cn1. The van der Waals surface area contributed by atoms with Crippen LogP contribution in [0.3, 0.4) is 0 Å². The number of anilines is 1. The summed E-state index contributed by atoms with van der Waals surface area (Å²) >= 11 is 0. The summed E-state index contributed by atoms with van der Waals surface area (Å²) in [5.74, 6) is 0. The van der Waals surface area contributed by atoms with Crippen molar-refractivity contribution in [3.8, 4) is 0 Å². The zero-order chi connectivity index (χ0) is 11.2. The highest BCUT2D eigenvalue weighted by Crippen LogP contribution is 2.07. The first-order valence-electron chi connectivity index (χ1n) is 5.29. The van der Waals surface area contributed by atoms with E-state index in [1.165, 1.54) is 0 Å². The van der Waals surface area contributed by atoms with Crippen molar-refractivity contribution < 1.29 is 5.11 Å². The van der Waals surface area contributed by atoms with Gasteiger partial charge in [0.15, 0.2) is 0 Å². The predicted molar refractivity (Wildman–Crippen MR) is 63.1 cm³/mol. The second kappa shape index (κ2) is 5.32. The van der Waals surface area contributed by atoms with Crippen LogP contribution in [-0.2, 0) is 13.1 Å². The Bertz CT molecular complexity index is 425. The lowest BCUT2D eigenvalue weighted by Gasteiger charge is -2.03. The number of aliphatic hydroxyl groups is 1. The van der Waals surface area contributed by atoms with E-state index in [0.717, 1.165) is 17.8 Å². The molecule has 0 bridgehead atoms. The van der Waals surface area contributed by atoms with Crippen molar-refractivity contribution >= 4 is 5.69 Å². The zero-order valence-corrected chi connectivity index (χ0v) is 9.00. The number of benzene rings is 1. The molecule has 0 saturated carbocycles. The van der Waals surface area contributed by atoms with Crippen LogP contribution >= 0.6 is 0 Å². The van der Waals surface area contributed by atoms with Crippen molar-refractivity contribution in [2.75, 3.05) is 11.9 Å². The molecule has 0 unspecified atom stereocenters. The Morgan fingerprint density at radius 3 is 2.81 bits per heavy atom. The molecule has 0 fully saturated rings. The van der Waals surface area contributed by atoms with Gasteiger partial charge in [-0.2, -0.15) is 5.10 Å². The Labute approximate surface area is 94.5 Å². The van der Waals surface area contributed by atoms with Gasteiger partial charge >= 0.3 is 0 Å². The average Bonchev–Trinajstić information content (AvgIpc) is 2.76. The van der Waals surface area contributed by atoms with E-state index >= 15 is 0 Å². The number of aliphatic hydroxyl groups excluding tert-OH is 1. The summed E-state index contributed by atoms with van der Waals surface area (Å²) in [6.45, 7) is 1.41. The van der Waals surface area contributed by atoms with Crippen molar-refractivity contribution in [2.45, 2.75) is 13.1 Å². The van der Waals surface area contributed by atoms with Crippen LogP contribution in [0.25, 0.3) is 0 Å². The molecule has 2 rings (SSSR count). The lowest BCUT2D eigenvalue weighted by Crippen LogP contribution is -2.02. The third-order valence-electron chi connectivity index (χ3n) is 2.29. The minimum atomic E-state index is 0.118. The van der Waals surface area contributed by atoms with Gasteiger partial charge in [0, 0.05) is 24.0 Å². The van der Waals surface area contributed by atoms with Crippen LogP contribution in [0.1, 0.15) is 5.56 Å². The average molecular weight is 217 g/mol. The molecule has 0 saturated heterocycles. The summed E-state index contributed by atoms with van der Waals surface area (Å²) in [6, 6.07) is 10.0. The second-order valence-corrected chi connectivity index (χ2v) is 3.55. The molecule has 4 nitrogen and oxygen atoms in total. The molecule has 0 spiro atoms. The highest BCUT2D eigenvalue weighted by Gasteiger charge is 1.97. The lowest BCUT2D eigenvalue weighted by molar-refractivity contribution is 0.269. The molecular formula is C12H15N3O. The number of rotatable bonds is 5. The summed E-state index contributed by atoms with van der Waals surface area (Å²) in [4.78, 5) is 0. The molecule has 2 N–H and O–H groups in total. The minimum Gasteiger partial charge on any atom is -0.394 e. The van der Waals surface area contributed by atoms with Crippen molar-refractivity contribution in [1.29, 1.82) is 0 Å². The van der Waals surface area contributed by atoms with Crippen LogP contribution in [-0.4, -0.2) is 21.5 Å². The molecule has 0 amide bonds. The maximum absolute atomic E-state index is 8.76. The summed E-state index contributed by atoms with van der Waals surface area (Å²) in [5.41, 5.74) is 2.20. The number of para-hydroxylation sites is 1. The fraction of sp³-hybridized carbons (Fsp3) is 0.250. The first-order chi connectivity index (χ1) is 7.88. The Hall–Kier alpha value is -1.81. The molecule has 84 valence electrons. The van der Waals surface area contributed by atoms with E-state index in [9.17, 15) is 0 Å². The molecule has 0 aliphatic carbocycles. The molecule has 0 aliphatic heterocycles. The number of hydrogen-bond donors (Lipinski definition) is 2. The van der Waals surface area contributed by atoms with E-state index in [-0.39, 0.29) is 6.61 Å². The van der Waals surface area contributed by atoms with Crippen LogP contribution in [0.2, 0.25) is 0 Å². The smallest absolute Gasteiger partial charge is 0.0640 e. The fourth-order valence-corrected chi connectivity index (χ4v) is 1.48. The Balaban J connectivity index is 1.89. The molecule has 0 atom stereocenters. The van der Waals surface area contributed by atoms with Crippen molar-refractivity contribution in [2.24, 2.45) is 0 Å². The number of aromatic nitrogens is 2. The van der Waals surface area contributed by atoms with E-state index in [2.05, 4.69) is 10.4 Å². The first-order valence-corrected chi connectivity index (χ1v) is 5.29. The summed E-state index contributed by atoms with van der Waals surface area (Å²) < 4.78 is 1.74. The molecule has 16 heavy (non-hydrogen) atoms. The van der Waals surface area contributed by atoms with Gasteiger partial charge in [0.2, 0.25) is 0 Å². The molecule has 1 heterocycles. The van der Waals surface area contributed by atoms with Gasteiger partial charge in [-0.1, -0.05) is 18.2 Å². The van der Waals surface area contributed by atoms with Crippen LogP contribution in [0.4, 0.5) is 5.69 Å². The summed E-state index contributed by atoms with van der Waals surface area (Å²) in [7, 11) is 0. The summed E-state index contributed by atoms with van der Waals surface area (Å²) in [5, 5.41) is 16.2. The molecular weight excluding hydrogens is 202 g/mol. The van der Waals surface area contributed by atoms with E-state index < -0.39 is 0 Å². The van der Waals surface area contributed by atoms with Gasteiger partial charge in [-0.3, -0.25) is 4.68 Å². The third kappa shape index (κ3) is 2.84. The minimum absolute atomic E-state index is 0.118. The van der Waals surface area contributed by atoms with Gasteiger partial charge in [-0.15, -0.1) is 0 Å². The number of nitrogens with zero attached hydrogens (tertiary/aromatic N) is 2. The number of nitrogens with one attached hydrogen (secondary N) is 1. The van der Waals surface area contributed by atoms with E-state index in [1.54, 1.807) is 4.68 Å². The lowest BCUT2D eigenvalue weighted by atomic mass is 10.3. The fourth-order valence-electron chi connectivity index (χ4n) is 1.48. The number of hydrogen-bond acceptors (Lipinski definition) is 3. The van der Waals surface area contributed by atoms with Crippen molar-refractivity contribution in [3.63, 3.8) is 0 Å². The van der Waals surface area contributed by atoms with Crippen molar-refractivity contribution in [3.05, 3.63) is 48.3 Å². The monoisotopic (exact) mass is 217 g/mol. The Kier molecular flexibility index (Phi) is 3.56. The van der Waals surface area contributed by atoms with E-state index in [4.69, 9.17) is 5.11 Å². The highest BCUT2D eigenvalue weighted by molar-refractivity contribution is 5.42.